The molecule has 1 atom stereocenters. The number of nitrogens with zero attached hydrogens (tertiary/aromatic N) is 2. The van der Waals surface area contributed by atoms with Crippen molar-refractivity contribution < 1.29 is 13.6 Å². The average Bonchev–Trinajstić information content (AvgIpc) is 3.30. The molecule has 26 heavy (non-hydrogen) atoms. The van der Waals surface area contributed by atoms with Gasteiger partial charge in [0.1, 0.15) is 5.82 Å². The molecule has 0 N–H and O–H groups in total. The summed E-state index contributed by atoms with van der Waals surface area (Å²) in [5, 5.41) is 2.10. The summed E-state index contributed by atoms with van der Waals surface area (Å²) < 4.78 is 18.7. The Hall–Kier alpha value is -2.47. The lowest BCUT2D eigenvalue weighted by Gasteiger charge is -2.33. The zero-order chi connectivity index (χ0) is 18.1. The van der Waals surface area contributed by atoms with Gasteiger partial charge in [-0.15, -0.1) is 11.3 Å². The molecule has 0 aliphatic carbocycles. The van der Waals surface area contributed by atoms with Gasteiger partial charge in [0.05, 0.1) is 12.2 Å². The first-order chi connectivity index (χ1) is 12.6. The van der Waals surface area contributed by atoms with Crippen molar-refractivity contribution in [2.24, 2.45) is 0 Å². The highest BCUT2D eigenvalue weighted by molar-refractivity contribution is 7.10. The highest BCUT2D eigenvalue weighted by Gasteiger charge is 2.28. The first-order valence-electron chi connectivity index (χ1n) is 8.68. The van der Waals surface area contributed by atoms with E-state index in [0.29, 0.717) is 24.5 Å². The van der Waals surface area contributed by atoms with E-state index in [1.165, 1.54) is 22.6 Å². The lowest BCUT2D eigenvalue weighted by molar-refractivity contribution is -0.133. The van der Waals surface area contributed by atoms with Crippen LogP contribution in [0.15, 0.2) is 46.3 Å². The zero-order valence-electron chi connectivity index (χ0n) is 14.4. The molecule has 134 valence electrons. The number of amides is 1. The Balaban J connectivity index is 1.39. The van der Waals surface area contributed by atoms with Crippen molar-refractivity contribution in [3.63, 3.8) is 0 Å². The van der Waals surface area contributed by atoms with Crippen LogP contribution >= 0.6 is 11.3 Å². The van der Waals surface area contributed by atoms with Crippen molar-refractivity contribution in [1.29, 1.82) is 0 Å². The molecule has 0 saturated carbocycles. The first kappa shape index (κ1) is 17.0. The van der Waals surface area contributed by atoms with Gasteiger partial charge >= 0.3 is 0 Å². The Morgan fingerprint density at radius 3 is 2.96 bits per heavy atom. The van der Waals surface area contributed by atoms with E-state index in [-0.39, 0.29) is 17.8 Å². The third-order valence-corrected chi connectivity index (χ3v) is 5.83. The molecule has 1 aliphatic heterocycles. The Kier molecular flexibility index (Phi) is 4.59. The lowest BCUT2D eigenvalue weighted by atomic mass is 10.0. The summed E-state index contributed by atoms with van der Waals surface area (Å²) in [6, 6.07) is 8.32. The molecule has 1 aromatic carbocycles. The van der Waals surface area contributed by atoms with Crippen molar-refractivity contribution in [3.8, 4) is 11.3 Å². The second kappa shape index (κ2) is 7.03. The van der Waals surface area contributed by atoms with E-state index >= 15 is 0 Å². The number of oxazole rings is 1. The molecule has 3 heterocycles. The summed E-state index contributed by atoms with van der Waals surface area (Å²) in [6.45, 7) is 2.85. The van der Waals surface area contributed by atoms with Gasteiger partial charge in [-0.05, 0) is 54.6 Å². The van der Waals surface area contributed by atoms with Crippen LogP contribution < -0.4 is 0 Å². The number of benzene rings is 1. The van der Waals surface area contributed by atoms with Gasteiger partial charge in [0.2, 0.25) is 5.91 Å². The van der Waals surface area contributed by atoms with Crippen molar-refractivity contribution in [2.45, 2.75) is 32.2 Å². The molecule has 0 fully saturated rings. The maximum Gasteiger partial charge on any atom is 0.223 e. The number of aromatic nitrogens is 1. The Bertz CT molecular complexity index is 916. The first-order valence-corrected chi connectivity index (χ1v) is 9.56. The summed E-state index contributed by atoms with van der Waals surface area (Å²) in [7, 11) is 0. The van der Waals surface area contributed by atoms with E-state index in [2.05, 4.69) is 23.4 Å². The topological polar surface area (TPSA) is 46.3 Å². The predicted octanol–water partition coefficient (Wildman–Crippen LogP) is 4.62. The molecule has 6 heteroatoms. The maximum absolute atomic E-state index is 13.0. The van der Waals surface area contributed by atoms with E-state index in [1.54, 1.807) is 29.7 Å². The second-order valence-corrected chi connectivity index (χ2v) is 7.44. The number of thiophene rings is 1. The molecule has 0 bridgehead atoms. The van der Waals surface area contributed by atoms with Crippen molar-refractivity contribution >= 4 is 17.2 Å². The number of carbonyl (C=O) groups excluding carboxylic acids is 1. The molecule has 0 saturated heterocycles. The van der Waals surface area contributed by atoms with E-state index in [4.69, 9.17) is 4.42 Å². The van der Waals surface area contributed by atoms with E-state index in [1.807, 2.05) is 4.90 Å². The molecular formula is C20H19FN2O2S. The Labute approximate surface area is 155 Å². The fourth-order valence-corrected chi connectivity index (χ4v) is 4.34. The molecule has 4 nitrogen and oxygen atoms in total. The third-order valence-electron chi connectivity index (χ3n) is 4.83. The number of hydrogen-bond acceptors (Lipinski definition) is 4. The Morgan fingerprint density at radius 2 is 2.15 bits per heavy atom. The second-order valence-electron chi connectivity index (χ2n) is 6.44. The minimum absolute atomic E-state index is 0.121. The van der Waals surface area contributed by atoms with Crippen LogP contribution in [0.1, 0.15) is 35.7 Å². The van der Waals surface area contributed by atoms with Crippen LogP contribution in [0.3, 0.4) is 0 Å². The molecule has 1 aliphatic rings. The van der Waals surface area contributed by atoms with Crippen molar-refractivity contribution in [3.05, 3.63) is 64.1 Å². The van der Waals surface area contributed by atoms with Gasteiger partial charge in [0.25, 0.3) is 0 Å². The summed E-state index contributed by atoms with van der Waals surface area (Å²) >= 11 is 1.77. The number of halogens is 1. The van der Waals surface area contributed by atoms with Crippen LogP contribution in [0.2, 0.25) is 0 Å². The molecular weight excluding hydrogens is 351 g/mol. The van der Waals surface area contributed by atoms with Crippen LogP contribution in [-0.4, -0.2) is 22.3 Å². The minimum atomic E-state index is -0.288. The summed E-state index contributed by atoms with van der Waals surface area (Å²) in [5.74, 6) is 0.944. The van der Waals surface area contributed by atoms with Gasteiger partial charge < -0.3 is 9.32 Å². The number of fused-ring (bicyclic) bond motifs is 1. The molecule has 1 amide bonds. The molecule has 2 aromatic heterocycles. The number of rotatable bonds is 4. The largest absolute Gasteiger partial charge is 0.441 e. The summed E-state index contributed by atoms with van der Waals surface area (Å²) in [4.78, 5) is 20.2. The van der Waals surface area contributed by atoms with Gasteiger partial charge in [0, 0.05) is 29.8 Å². The molecule has 0 spiro atoms. The summed E-state index contributed by atoms with van der Waals surface area (Å²) in [6.07, 6.45) is 3.37. The third kappa shape index (κ3) is 3.29. The standard InChI is InChI=1S/C20H19FN2O2S/c1-13-16-9-11-26-18(16)8-10-23(13)20(24)7-6-19-22-12-17(25-19)14-2-4-15(21)5-3-14/h2-5,9,11-13H,6-8,10H2,1H3. The van der Waals surface area contributed by atoms with Crippen molar-refractivity contribution in [1.82, 2.24) is 9.88 Å². The van der Waals surface area contributed by atoms with Crippen LogP contribution in [-0.2, 0) is 17.6 Å². The molecule has 0 radical (unpaired) electrons. The maximum atomic E-state index is 13.0. The number of aryl methyl sites for hydroxylation is 1. The zero-order valence-corrected chi connectivity index (χ0v) is 15.3. The number of hydrogen-bond donors (Lipinski definition) is 0. The van der Waals surface area contributed by atoms with Gasteiger partial charge in [-0.25, -0.2) is 9.37 Å². The SMILES string of the molecule is CC1c2ccsc2CCN1C(=O)CCc1ncc(-c2ccc(F)cc2)o1. The van der Waals surface area contributed by atoms with Gasteiger partial charge in [-0.3, -0.25) is 4.79 Å². The van der Waals surface area contributed by atoms with Gasteiger partial charge in [-0.1, -0.05) is 0 Å². The molecule has 1 unspecified atom stereocenters. The van der Waals surface area contributed by atoms with Crippen LogP contribution in [0, 0.1) is 5.82 Å². The quantitative estimate of drug-likeness (QED) is 0.673. The molecule has 4 rings (SSSR count). The van der Waals surface area contributed by atoms with Crippen molar-refractivity contribution in [2.75, 3.05) is 6.54 Å². The minimum Gasteiger partial charge on any atom is -0.441 e. The summed E-state index contributed by atoms with van der Waals surface area (Å²) in [5.41, 5.74) is 2.04. The monoisotopic (exact) mass is 370 g/mol. The van der Waals surface area contributed by atoms with Crippen LogP contribution in [0.5, 0.6) is 0 Å². The molecule has 3 aromatic rings. The van der Waals surface area contributed by atoms with Gasteiger partial charge in [-0.2, -0.15) is 0 Å². The lowest BCUT2D eigenvalue weighted by Crippen LogP contribution is -2.38. The fourth-order valence-electron chi connectivity index (χ4n) is 3.38. The normalized spacial score (nSPS) is 16.5. The highest BCUT2D eigenvalue weighted by Crippen LogP contribution is 2.33. The fraction of sp³-hybridized carbons (Fsp3) is 0.300. The number of carbonyl (C=O) groups is 1. The van der Waals surface area contributed by atoms with E-state index in [9.17, 15) is 9.18 Å². The average molecular weight is 370 g/mol. The highest BCUT2D eigenvalue weighted by atomic mass is 32.1. The van der Waals surface area contributed by atoms with E-state index < -0.39 is 0 Å². The van der Waals surface area contributed by atoms with Crippen LogP contribution in [0.4, 0.5) is 4.39 Å². The smallest absolute Gasteiger partial charge is 0.223 e. The van der Waals surface area contributed by atoms with Crippen LogP contribution in [0.25, 0.3) is 11.3 Å². The Morgan fingerprint density at radius 1 is 1.35 bits per heavy atom. The van der Waals surface area contributed by atoms with Gasteiger partial charge in [0.15, 0.2) is 11.7 Å². The predicted molar refractivity (Wildman–Crippen MR) is 98.4 cm³/mol. The van der Waals surface area contributed by atoms with E-state index in [0.717, 1.165) is 18.5 Å².